The Morgan fingerprint density at radius 1 is 1.11 bits per heavy atom. The lowest BCUT2D eigenvalue weighted by molar-refractivity contribution is -0.138. The zero-order valence-electron chi connectivity index (χ0n) is 10.6. The molecule has 2 rings (SSSR count). The number of hydrogen-bond acceptors (Lipinski definition) is 3. The molecule has 2 aliphatic rings. The third-order valence-corrected chi connectivity index (χ3v) is 3.70. The molecule has 0 radical (unpaired) electrons. The van der Waals surface area contributed by atoms with Crippen LogP contribution >= 0.6 is 0 Å². The fourth-order valence-corrected chi connectivity index (χ4v) is 2.64. The summed E-state index contributed by atoms with van der Waals surface area (Å²) in [5, 5.41) is 11.8. The molecule has 2 fully saturated rings. The number of amides is 2. The molecule has 0 aromatic heterocycles. The lowest BCUT2D eigenvalue weighted by Gasteiger charge is -2.34. The van der Waals surface area contributed by atoms with Crippen LogP contribution in [0.4, 0.5) is 4.79 Å². The van der Waals surface area contributed by atoms with Gasteiger partial charge in [0.2, 0.25) is 0 Å². The van der Waals surface area contributed by atoms with Gasteiger partial charge in [-0.3, -0.25) is 9.69 Å². The maximum Gasteiger partial charge on any atom is 0.317 e. The SMILES string of the molecule is O=C(O)CN1CCN(C(=O)NC2CCCC2)CC1. The van der Waals surface area contributed by atoms with E-state index in [2.05, 4.69) is 5.32 Å². The van der Waals surface area contributed by atoms with Crippen LogP contribution in [0.15, 0.2) is 0 Å². The van der Waals surface area contributed by atoms with Crippen molar-refractivity contribution in [2.24, 2.45) is 0 Å². The van der Waals surface area contributed by atoms with Gasteiger partial charge in [-0.15, -0.1) is 0 Å². The summed E-state index contributed by atoms with van der Waals surface area (Å²) in [4.78, 5) is 26.2. The van der Waals surface area contributed by atoms with Crippen molar-refractivity contribution in [1.29, 1.82) is 0 Å². The third kappa shape index (κ3) is 3.60. The first-order chi connectivity index (χ1) is 8.65. The molecule has 1 saturated heterocycles. The fraction of sp³-hybridized carbons (Fsp3) is 0.833. The average molecular weight is 255 g/mol. The normalized spacial score (nSPS) is 22.1. The largest absolute Gasteiger partial charge is 0.480 e. The second-order valence-corrected chi connectivity index (χ2v) is 5.09. The zero-order valence-corrected chi connectivity index (χ0v) is 10.6. The van der Waals surface area contributed by atoms with Crippen molar-refractivity contribution in [3.05, 3.63) is 0 Å². The number of nitrogens with one attached hydrogen (secondary N) is 1. The molecule has 2 N–H and O–H groups in total. The van der Waals surface area contributed by atoms with Crippen molar-refractivity contribution in [3.63, 3.8) is 0 Å². The van der Waals surface area contributed by atoms with E-state index in [-0.39, 0.29) is 12.6 Å². The van der Waals surface area contributed by atoms with Crippen LogP contribution in [-0.2, 0) is 4.79 Å². The molecule has 0 aromatic rings. The molecule has 1 aliphatic carbocycles. The minimum atomic E-state index is -0.807. The van der Waals surface area contributed by atoms with Crippen molar-refractivity contribution >= 4 is 12.0 Å². The van der Waals surface area contributed by atoms with E-state index < -0.39 is 5.97 Å². The summed E-state index contributed by atoms with van der Waals surface area (Å²) < 4.78 is 0. The number of carbonyl (C=O) groups excluding carboxylic acids is 1. The number of urea groups is 1. The van der Waals surface area contributed by atoms with Crippen LogP contribution in [0, 0.1) is 0 Å². The highest BCUT2D eigenvalue weighted by Gasteiger charge is 2.24. The van der Waals surface area contributed by atoms with Crippen LogP contribution in [0.1, 0.15) is 25.7 Å². The number of nitrogens with zero attached hydrogens (tertiary/aromatic N) is 2. The maximum absolute atomic E-state index is 12.0. The van der Waals surface area contributed by atoms with E-state index in [9.17, 15) is 9.59 Å². The summed E-state index contributed by atoms with van der Waals surface area (Å²) in [6.07, 6.45) is 4.59. The monoisotopic (exact) mass is 255 g/mol. The minimum absolute atomic E-state index is 0.0110. The molecule has 18 heavy (non-hydrogen) atoms. The molecule has 6 nitrogen and oxygen atoms in total. The lowest BCUT2D eigenvalue weighted by atomic mass is 10.2. The van der Waals surface area contributed by atoms with E-state index in [1.807, 2.05) is 4.90 Å². The number of rotatable bonds is 3. The summed E-state index contributed by atoms with van der Waals surface area (Å²) in [5.41, 5.74) is 0. The predicted molar refractivity (Wildman–Crippen MR) is 66.4 cm³/mol. The number of piperazine rings is 1. The number of carboxylic acids is 1. The molecule has 0 aromatic carbocycles. The van der Waals surface area contributed by atoms with Gasteiger partial charge in [0, 0.05) is 32.2 Å². The van der Waals surface area contributed by atoms with Gasteiger partial charge in [0.05, 0.1) is 6.54 Å². The van der Waals surface area contributed by atoms with E-state index in [1.54, 1.807) is 4.90 Å². The van der Waals surface area contributed by atoms with Gasteiger partial charge in [-0.05, 0) is 12.8 Å². The van der Waals surface area contributed by atoms with Gasteiger partial charge < -0.3 is 15.3 Å². The van der Waals surface area contributed by atoms with Crippen LogP contribution in [-0.4, -0.2) is 65.7 Å². The molecule has 1 aliphatic heterocycles. The van der Waals surface area contributed by atoms with Crippen LogP contribution in [0.25, 0.3) is 0 Å². The Kier molecular flexibility index (Phi) is 4.41. The van der Waals surface area contributed by atoms with E-state index in [0.29, 0.717) is 32.2 Å². The van der Waals surface area contributed by atoms with E-state index in [0.717, 1.165) is 12.8 Å². The molecule has 6 heteroatoms. The van der Waals surface area contributed by atoms with Gasteiger partial charge in [0.25, 0.3) is 0 Å². The smallest absolute Gasteiger partial charge is 0.317 e. The second-order valence-electron chi connectivity index (χ2n) is 5.09. The number of carboxylic acid groups (broad SMARTS) is 1. The van der Waals surface area contributed by atoms with Gasteiger partial charge >= 0.3 is 12.0 Å². The van der Waals surface area contributed by atoms with Gasteiger partial charge in [-0.25, -0.2) is 4.79 Å². The fourth-order valence-electron chi connectivity index (χ4n) is 2.64. The summed E-state index contributed by atoms with van der Waals surface area (Å²) in [6.45, 7) is 2.59. The molecule has 2 amide bonds. The molecule has 1 heterocycles. The highest BCUT2D eigenvalue weighted by Crippen LogP contribution is 2.18. The molecule has 0 bridgehead atoms. The highest BCUT2D eigenvalue weighted by molar-refractivity contribution is 5.74. The van der Waals surface area contributed by atoms with E-state index in [1.165, 1.54) is 12.8 Å². The summed E-state index contributed by atoms with van der Waals surface area (Å²) >= 11 is 0. The van der Waals surface area contributed by atoms with Gasteiger partial charge in [-0.1, -0.05) is 12.8 Å². The number of carbonyl (C=O) groups is 2. The summed E-state index contributed by atoms with van der Waals surface area (Å²) in [7, 11) is 0. The quantitative estimate of drug-likeness (QED) is 0.763. The molecule has 102 valence electrons. The van der Waals surface area contributed by atoms with Crippen molar-refractivity contribution in [1.82, 2.24) is 15.1 Å². The Morgan fingerprint density at radius 2 is 1.72 bits per heavy atom. The van der Waals surface area contributed by atoms with Crippen LogP contribution in [0.2, 0.25) is 0 Å². The first-order valence-corrected chi connectivity index (χ1v) is 6.65. The maximum atomic E-state index is 12.0. The van der Waals surface area contributed by atoms with Crippen molar-refractivity contribution in [2.75, 3.05) is 32.7 Å². The minimum Gasteiger partial charge on any atom is -0.480 e. The molecular weight excluding hydrogens is 234 g/mol. The van der Waals surface area contributed by atoms with Gasteiger partial charge in [-0.2, -0.15) is 0 Å². The Hall–Kier alpha value is -1.30. The first-order valence-electron chi connectivity index (χ1n) is 6.65. The van der Waals surface area contributed by atoms with Crippen LogP contribution in [0.5, 0.6) is 0 Å². The lowest BCUT2D eigenvalue weighted by Crippen LogP contribution is -2.53. The van der Waals surface area contributed by atoms with Crippen molar-refractivity contribution < 1.29 is 14.7 Å². The van der Waals surface area contributed by atoms with E-state index in [4.69, 9.17) is 5.11 Å². The summed E-state index contributed by atoms with van der Waals surface area (Å²) in [5.74, 6) is -0.807. The molecule has 0 atom stereocenters. The molecule has 0 unspecified atom stereocenters. The summed E-state index contributed by atoms with van der Waals surface area (Å²) in [6, 6.07) is 0.353. The topological polar surface area (TPSA) is 72.9 Å². The Balaban J connectivity index is 1.71. The Bertz CT molecular complexity index is 308. The standard InChI is InChI=1S/C12H21N3O3/c16-11(17)9-14-5-7-15(8-6-14)12(18)13-10-3-1-2-4-10/h10H,1-9H2,(H,13,18)(H,16,17). The number of hydrogen-bond donors (Lipinski definition) is 2. The highest BCUT2D eigenvalue weighted by atomic mass is 16.4. The average Bonchev–Trinajstić information content (AvgIpc) is 2.82. The van der Waals surface area contributed by atoms with Gasteiger partial charge in [0.15, 0.2) is 0 Å². The Morgan fingerprint density at radius 3 is 2.28 bits per heavy atom. The zero-order chi connectivity index (χ0) is 13.0. The van der Waals surface area contributed by atoms with E-state index >= 15 is 0 Å². The Labute approximate surface area is 107 Å². The van der Waals surface area contributed by atoms with Crippen LogP contribution < -0.4 is 5.32 Å². The van der Waals surface area contributed by atoms with Gasteiger partial charge in [0.1, 0.15) is 0 Å². The molecular formula is C12H21N3O3. The first kappa shape index (κ1) is 13.1. The molecule has 0 spiro atoms. The second kappa shape index (κ2) is 6.04. The van der Waals surface area contributed by atoms with Crippen LogP contribution in [0.3, 0.4) is 0 Å². The van der Waals surface area contributed by atoms with Crippen molar-refractivity contribution in [3.8, 4) is 0 Å². The third-order valence-electron chi connectivity index (χ3n) is 3.70. The van der Waals surface area contributed by atoms with Crippen molar-refractivity contribution in [2.45, 2.75) is 31.7 Å². The number of aliphatic carboxylic acids is 1. The molecule has 1 saturated carbocycles. The predicted octanol–water partition coefficient (Wildman–Crippen LogP) is 0.341.